The first-order valence-corrected chi connectivity index (χ1v) is 8.27. The van der Waals surface area contributed by atoms with Crippen molar-refractivity contribution in [2.45, 2.75) is 6.29 Å². The quantitative estimate of drug-likeness (QED) is 0.638. The predicted molar refractivity (Wildman–Crippen MR) is 92.0 cm³/mol. The summed E-state index contributed by atoms with van der Waals surface area (Å²) in [6.07, 6.45) is -3.07. The van der Waals surface area contributed by atoms with E-state index in [9.17, 15) is 22.4 Å². The van der Waals surface area contributed by atoms with E-state index in [-0.39, 0.29) is 33.5 Å². The van der Waals surface area contributed by atoms with E-state index in [2.05, 4.69) is 24.9 Å². The van der Waals surface area contributed by atoms with Crippen LogP contribution >= 0.6 is 11.6 Å². The summed E-state index contributed by atoms with van der Waals surface area (Å²) in [5.41, 5.74) is 0.383. The van der Waals surface area contributed by atoms with E-state index in [0.29, 0.717) is 6.07 Å². The number of alkyl halides is 2. The maximum Gasteiger partial charge on any atom is 0.586 e. The lowest BCUT2D eigenvalue weighted by Gasteiger charge is -2.05. The van der Waals surface area contributed by atoms with Gasteiger partial charge in [-0.25, -0.2) is 13.8 Å². The number of aromatic nitrogens is 3. The third-order valence-electron chi connectivity index (χ3n) is 3.92. The molecule has 1 N–H and O–H groups in total. The molecule has 29 heavy (non-hydrogen) atoms. The van der Waals surface area contributed by atoms with Crippen molar-refractivity contribution in [1.29, 1.82) is 0 Å². The molecule has 0 radical (unpaired) electrons. The Balaban J connectivity index is 1.64. The van der Waals surface area contributed by atoms with Gasteiger partial charge < -0.3 is 14.8 Å². The SMILES string of the molecule is Cn1nc(C(=O)Nc2ncc(F)cc2F)cc1-c1cc2c(cc1Cl)OC(F)(F)O2. The topological polar surface area (TPSA) is 78.3 Å². The van der Waals surface area contributed by atoms with Gasteiger partial charge >= 0.3 is 6.29 Å². The minimum absolute atomic E-state index is 0.0475. The van der Waals surface area contributed by atoms with Crippen LogP contribution in [0.4, 0.5) is 23.4 Å². The van der Waals surface area contributed by atoms with Crippen LogP contribution in [0.3, 0.4) is 0 Å². The largest absolute Gasteiger partial charge is 0.586 e. The van der Waals surface area contributed by atoms with E-state index in [4.69, 9.17) is 11.6 Å². The molecule has 12 heteroatoms. The molecule has 0 atom stereocenters. The van der Waals surface area contributed by atoms with Gasteiger partial charge in [0.2, 0.25) is 0 Å². The van der Waals surface area contributed by atoms with Crippen LogP contribution in [0.15, 0.2) is 30.5 Å². The molecule has 4 rings (SSSR count). The fourth-order valence-corrected chi connectivity index (χ4v) is 2.93. The Morgan fingerprint density at radius 2 is 1.86 bits per heavy atom. The third kappa shape index (κ3) is 3.56. The highest BCUT2D eigenvalue weighted by Gasteiger charge is 2.44. The van der Waals surface area contributed by atoms with Crippen LogP contribution in [0.5, 0.6) is 11.5 Å². The number of benzene rings is 1. The maximum absolute atomic E-state index is 13.7. The lowest BCUT2D eigenvalue weighted by molar-refractivity contribution is -0.286. The first kappa shape index (κ1) is 19.0. The molecule has 0 saturated heterocycles. The number of halogens is 5. The molecule has 0 saturated carbocycles. The number of aryl methyl sites for hydroxylation is 1. The molecule has 0 bridgehead atoms. The van der Waals surface area contributed by atoms with Crippen LogP contribution in [0.1, 0.15) is 10.5 Å². The molecular formula is C17H9ClF4N4O3. The van der Waals surface area contributed by atoms with Gasteiger partial charge in [0, 0.05) is 24.7 Å². The van der Waals surface area contributed by atoms with Gasteiger partial charge in [-0.3, -0.25) is 9.48 Å². The summed E-state index contributed by atoms with van der Waals surface area (Å²) in [6.45, 7) is 0. The number of nitrogens with one attached hydrogen (secondary N) is 1. The van der Waals surface area contributed by atoms with Crippen LogP contribution in [0.25, 0.3) is 11.3 Å². The highest BCUT2D eigenvalue weighted by molar-refractivity contribution is 6.33. The maximum atomic E-state index is 13.7. The van der Waals surface area contributed by atoms with E-state index < -0.39 is 29.7 Å². The predicted octanol–water partition coefficient (Wildman–Crippen LogP) is 3.99. The number of ether oxygens (including phenoxy) is 2. The minimum atomic E-state index is -3.81. The Bertz CT molecular complexity index is 1150. The number of nitrogens with zero attached hydrogens (tertiary/aromatic N) is 3. The van der Waals surface area contributed by atoms with Crippen LogP contribution in [-0.4, -0.2) is 27.0 Å². The highest BCUT2D eigenvalue weighted by Crippen LogP contribution is 2.46. The van der Waals surface area contributed by atoms with Gasteiger partial charge in [-0.05, 0) is 12.1 Å². The summed E-state index contributed by atoms with van der Waals surface area (Å²) >= 11 is 6.14. The van der Waals surface area contributed by atoms with E-state index in [1.165, 1.54) is 23.9 Å². The molecule has 1 aromatic carbocycles. The Kier molecular flexibility index (Phi) is 4.34. The van der Waals surface area contributed by atoms with Crippen LogP contribution in [0, 0.1) is 11.6 Å². The molecule has 0 unspecified atom stereocenters. The number of rotatable bonds is 3. The first-order valence-electron chi connectivity index (χ1n) is 7.89. The van der Waals surface area contributed by atoms with Crippen molar-refractivity contribution in [2.24, 2.45) is 7.05 Å². The Hall–Kier alpha value is -3.34. The van der Waals surface area contributed by atoms with E-state index in [0.717, 1.165) is 12.3 Å². The summed E-state index contributed by atoms with van der Waals surface area (Å²) in [5, 5.41) is 6.21. The van der Waals surface area contributed by atoms with Crippen molar-refractivity contribution in [2.75, 3.05) is 5.32 Å². The lowest BCUT2D eigenvalue weighted by atomic mass is 10.1. The summed E-state index contributed by atoms with van der Waals surface area (Å²) < 4.78 is 63.1. The first-order chi connectivity index (χ1) is 13.6. The van der Waals surface area contributed by atoms with Crippen LogP contribution in [-0.2, 0) is 7.05 Å². The zero-order chi connectivity index (χ0) is 20.9. The molecule has 1 amide bonds. The van der Waals surface area contributed by atoms with Gasteiger partial charge in [0.15, 0.2) is 28.8 Å². The van der Waals surface area contributed by atoms with E-state index in [1.807, 2.05) is 0 Å². The van der Waals surface area contributed by atoms with Crippen molar-refractivity contribution < 1.29 is 31.8 Å². The average molecular weight is 429 g/mol. The lowest BCUT2D eigenvalue weighted by Crippen LogP contribution is -2.25. The van der Waals surface area contributed by atoms with E-state index >= 15 is 0 Å². The van der Waals surface area contributed by atoms with Gasteiger partial charge in [0.25, 0.3) is 5.91 Å². The fraction of sp³-hybridized carbons (Fsp3) is 0.118. The molecular weight excluding hydrogens is 420 g/mol. The molecule has 1 aliphatic rings. The Labute approximate surface area is 164 Å². The van der Waals surface area contributed by atoms with Crippen molar-refractivity contribution in [3.05, 3.63) is 52.8 Å². The summed E-state index contributed by atoms with van der Waals surface area (Å²) in [6, 6.07) is 4.24. The second kappa shape index (κ2) is 6.62. The summed E-state index contributed by atoms with van der Waals surface area (Å²) in [5.74, 6) is -3.74. The van der Waals surface area contributed by atoms with Crippen LogP contribution < -0.4 is 14.8 Å². The molecule has 3 heterocycles. The Morgan fingerprint density at radius 3 is 2.55 bits per heavy atom. The third-order valence-corrected chi connectivity index (χ3v) is 4.23. The molecule has 1 aliphatic heterocycles. The van der Waals surface area contributed by atoms with E-state index in [1.54, 1.807) is 0 Å². The molecule has 0 spiro atoms. The smallest absolute Gasteiger partial charge is 0.395 e. The molecule has 3 aromatic rings. The number of carbonyl (C=O) groups excluding carboxylic acids is 1. The fourth-order valence-electron chi connectivity index (χ4n) is 2.68. The average Bonchev–Trinajstić information content (AvgIpc) is 3.14. The number of carbonyl (C=O) groups is 1. The number of pyridine rings is 1. The number of hydrogen-bond acceptors (Lipinski definition) is 5. The monoisotopic (exact) mass is 428 g/mol. The highest BCUT2D eigenvalue weighted by atomic mass is 35.5. The Morgan fingerprint density at radius 1 is 1.17 bits per heavy atom. The van der Waals surface area contributed by atoms with Crippen molar-refractivity contribution in [1.82, 2.24) is 14.8 Å². The standard InChI is InChI=1S/C17H9ClF4N4O3/c1-26-12(8-3-13-14(4-9(8)18)29-17(21,22)28-13)5-11(25-26)16(27)24-15-10(20)2-7(19)6-23-15/h2-6H,1H3,(H,23,24,27). The van der Waals surface area contributed by atoms with Crippen molar-refractivity contribution in [3.63, 3.8) is 0 Å². The molecule has 2 aromatic heterocycles. The van der Waals surface area contributed by atoms with Gasteiger partial charge in [0.05, 0.1) is 16.9 Å². The van der Waals surface area contributed by atoms with Gasteiger partial charge in [-0.1, -0.05) is 11.6 Å². The summed E-state index contributed by atoms with van der Waals surface area (Å²) in [4.78, 5) is 15.8. The number of fused-ring (bicyclic) bond motifs is 1. The number of amides is 1. The minimum Gasteiger partial charge on any atom is -0.395 e. The second-order valence-electron chi connectivity index (χ2n) is 5.92. The van der Waals surface area contributed by atoms with Gasteiger partial charge in [0.1, 0.15) is 5.82 Å². The summed E-state index contributed by atoms with van der Waals surface area (Å²) in [7, 11) is 1.48. The number of hydrogen-bond donors (Lipinski definition) is 1. The van der Waals surface area contributed by atoms with Gasteiger partial charge in [-0.2, -0.15) is 5.10 Å². The second-order valence-corrected chi connectivity index (χ2v) is 6.33. The molecule has 150 valence electrons. The normalized spacial score (nSPS) is 14.1. The van der Waals surface area contributed by atoms with Crippen molar-refractivity contribution >= 4 is 23.3 Å². The van der Waals surface area contributed by atoms with Crippen LogP contribution in [0.2, 0.25) is 5.02 Å². The van der Waals surface area contributed by atoms with Gasteiger partial charge in [-0.15, -0.1) is 8.78 Å². The zero-order valence-corrected chi connectivity index (χ0v) is 15.1. The zero-order valence-electron chi connectivity index (χ0n) is 14.3. The molecule has 7 nitrogen and oxygen atoms in total. The molecule has 0 aliphatic carbocycles. The van der Waals surface area contributed by atoms with Crippen molar-refractivity contribution in [3.8, 4) is 22.8 Å². The number of anilines is 1. The molecule has 0 fully saturated rings.